The lowest BCUT2D eigenvalue weighted by molar-refractivity contribution is -0.119. The Balaban J connectivity index is 1.80. The third-order valence-corrected chi connectivity index (χ3v) is 5.48. The predicted molar refractivity (Wildman–Crippen MR) is 103 cm³/mol. The van der Waals surface area contributed by atoms with E-state index in [2.05, 4.69) is 48.0 Å². The Morgan fingerprint density at radius 3 is 2.64 bits per heavy atom. The van der Waals surface area contributed by atoms with Crippen LogP contribution in [-0.4, -0.2) is 65.7 Å². The minimum absolute atomic E-state index is 0.0244. The van der Waals surface area contributed by atoms with Crippen molar-refractivity contribution in [3.63, 3.8) is 0 Å². The highest BCUT2D eigenvalue weighted by molar-refractivity contribution is 6.41. The van der Waals surface area contributed by atoms with Gasteiger partial charge in [-0.15, -0.1) is 0 Å². The summed E-state index contributed by atoms with van der Waals surface area (Å²) in [5, 5.41) is 3.33. The number of fused-ring (bicyclic) bond motifs is 1. The highest BCUT2D eigenvalue weighted by atomic mass is 16.1. The van der Waals surface area contributed by atoms with Gasteiger partial charge in [-0.05, 0) is 32.0 Å². The number of aliphatic imine (C=N–C) groups is 1. The molecular weight excluding hydrogens is 312 g/mol. The zero-order valence-electron chi connectivity index (χ0n) is 16.5. The molecule has 3 rings (SSSR count). The first-order valence-corrected chi connectivity index (χ1v) is 9.49. The van der Waals surface area contributed by atoms with Crippen molar-refractivity contribution in [1.29, 1.82) is 0 Å². The lowest BCUT2D eigenvalue weighted by Crippen LogP contribution is -2.52. The molecule has 0 aromatic rings. The molecule has 1 fully saturated rings. The van der Waals surface area contributed by atoms with Gasteiger partial charge in [0.25, 0.3) is 0 Å². The van der Waals surface area contributed by atoms with Crippen LogP contribution in [0, 0.1) is 5.41 Å². The van der Waals surface area contributed by atoms with Crippen LogP contribution < -0.4 is 5.32 Å². The number of Topliss-reactive ketones (excluding diaryl/α,β-unsaturated/α-hetero) is 1. The van der Waals surface area contributed by atoms with Crippen LogP contribution in [0.5, 0.6) is 0 Å². The SMILES string of the molecule is CCN1CCN(C2=CC3N=C(C(=O)C(C)(C)C)NC3C=C2C)C(C)C1. The number of allylic oxidation sites excluding steroid dienone is 1. The Kier molecular flexibility index (Phi) is 4.80. The van der Waals surface area contributed by atoms with E-state index in [9.17, 15) is 4.79 Å². The van der Waals surface area contributed by atoms with Crippen LogP contribution in [0.2, 0.25) is 0 Å². The molecule has 0 spiro atoms. The zero-order chi connectivity index (χ0) is 18.4. The number of ketones is 1. The molecule has 0 aromatic carbocycles. The summed E-state index contributed by atoms with van der Waals surface area (Å²) in [6.45, 7) is 16.9. The molecule has 0 saturated carbocycles. The monoisotopic (exact) mass is 344 g/mol. The van der Waals surface area contributed by atoms with Gasteiger partial charge in [-0.3, -0.25) is 14.7 Å². The summed E-state index contributed by atoms with van der Waals surface area (Å²) >= 11 is 0. The van der Waals surface area contributed by atoms with E-state index in [1.807, 2.05) is 20.8 Å². The fourth-order valence-corrected chi connectivity index (χ4v) is 3.92. The molecule has 138 valence electrons. The summed E-state index contributed by atoms with van der Waals surface area (Å²) in [6.07, 6.45) is 4.50. The predicted octanol–water partition coefficient (Wildman–Crippen LogP) is 2.21. The maximum Gasteiger partial charge on any atom is 0.202 e. The van der Waals surface area contributed by atoms with Crippen LogP contribution >= 0.6 is 0 Å². The molecule has 0 radical (unpaired) electrons. The number of carbonyl (C=O) groups is 1. The maximum atomic E-state index is 12.5. The number of rotatable bonds is 3. The van der Waals surface area contributed by atoms with E-state index in [4.69, 9.17) is 4.99 Å². The first kappa shape index (κ1) is 18.2. The van der Waals surface area contributed by atoms with Crippen molar-refractivity contribution in [1.82, 2.24) is 15.1 Å². The Morgan fingerprint density at radius 1 is 1.32 bits per heavy atom. The van der Waals surface area contributed by atoms with E-state index in [-0.39, 0.29) is 17.9 Å². The topological polar surface area (TPSA) is 47.9 Å². The normalized spacial score (nSPS) is 30.2. The molecule has 5 nitrogen and oxygen atoms in total. The van der Waals surface area contributed by atoms with Gasteiger partial charge in [0, 0.05) is 36.8 Å². The number of nitrogens with zero attached hydrogens (tertiary/aromatic N) is 3. The fourth-order valence-electron chi connectivity index (χ4n) is 3.92. The lowest BCUT2D eigenvalue weighted by atomic mass is 9.90. The van der Waals surface area contributed by atoms with E-state index >= 15 is 0 Å². The van der Waals surface area contributed by atoms with E-state index in [0.717, 1.165) is 26.2 Å². The first-order valence-electron chi connectivity index (χ1n) is 9.49. The van der Waals surface area contributed by atoms with Gasteiger partial charge in [0.15, 0.2) is 5.84 Å². The van der Waals surface area contributed by atoms with Crippen molar-refractivity contribution in [2.24, 2.45) is 10.4 Å². The Labute approximate surface area is 151 Å². The molecule has 1 saturated heterocycles. The van der Waals surface area contributed by atoms with Crippen molar-refractivity contribution in [3.8, 4) is 0 Å². The summed E-state index contributed by atoms with van der Waals surface area (Å²) in [5.41, 5.74) is 2.17. The van der Waals surface area contributed by atoms with Crippen LogP contribution in [0.3, 0.4) is 0 Å². The van der Waals surface area contributed by atoms with Gasteiger partial charge in [0.1, 0.15) is 0 Å². The largest absolute Gasteiger partial charge is 0.366 e. The summed E-state index contributed by atoms with van der Waals surface area (Å²) in [6, 6.07) is 0.627. The zero-order valence-corrected chi connectivity index (χ0v) is 16.5. The molecule has 2 aliphatic heterocycles. The first-order chi connectivity index (χ1) is 11.7. The standard InChI is InChI=1S/C20H32N4O/c1-7-23-8-9-24(14(3)12-23)17-11-16-15(10-13(17)2)21-19(22-16)18(25)20(4,5)6/h10-11,14-16H,7-9,12H2,1-6H3,(H,21,22). The van der Waals surface area contributed by atoms with Crippen LogP contribution in [0.1, 0.15) is 41.5 Å². The second kappa shape index (κ2) is 6.60. The third-order valence-electron chi connectivity index (χ3n) is 5.48. The Bertz CT molecular complexity index is 641. The second-order valence-corrected chi connectivity index (χ2v) is 8.55. The third kappa shape index (κ3) is 3.52. The molecule has 3 unspecified atom stereocenters. The van der Waals surface area contributed by atoms with Crippen LogP contribution in [0.15, 0.2) is 28.4 Å². The lowest BCUT2D eigenvalue weighted by Gasteiger charge is -2.43. The highest BCUT2D eigenvalue weighted by Crippen LogP contribution is 2.30. The maximum absolute atomic E-state index is 12.5. The molecule has 1 aliphatic carbocycles. The summed E-state index contributed by atoms with van der Waals surface area (Å²) < 4.78 is 0. The molecular formula is C20H32N4O. The second-order valence-electron chi connectivity index (χ2n) is 8.55. The molecule has 25 heavy (non-hydrogen) atoms. The number of likely N-dealkylation sites (N-methyl/N-ethyl adjacent to an activating group) is 1. The number of hydrogen-bond donors (Lipinski definition) is 1. The number of amidine groups is 1. The van der Waals surface area contributed by atoms with Gasteiger partial charge in [0.05, 0.1) is 12.1 Å². The molecule has 0 aromatic heterocycles. The number of carbonyl (C=O) groups excluding carboxylic acids is 1. The van der Waals surface area contributed by atoms with Crippen molar-refractivity contribution in [2.45, 2.75) is 59.7 Å². The molecule has 0 bridgehead atoms. The quantitative estimate of drug-likeness (QED) is 0.853. The van der Waals surface area contributed by atoms with Crippen molar-refractivity contribution < 1.29 is 4.79 Å². The summed E-state index contributed by atoms with van der Waals surface area (Å²) in [5.74, 6) is 0.626. The number of nitrogens with one attached hydrogen (secondary N) is 1. The van der Waals surface area contributed by atoms with Crippen molar-refractivity contribution >= 4 is 11.6 Å². The van der Waals surface area contributed by atoms with E-state index in [1.165, 1.54) is 11.3 Å². The van der Waals surface area contributed by atoms with Gasteiger partial charge < -0.3 is 10.2 Å². The van der Waals surface area contributed by atoms with E-state index in [1.54, 1.807) is 0 Å². The van der Waals surface area contributed by atoms with E-state index < -0.39 is 5.41 Å². The minimum Gasteiger partial charge on any atom is -0.366 e. The van der Waals surface area contributed by atoms with Crippen LogP contribution in [0.4, 0.5) is 0 Å². The fraction of sp³-hybridized carbons (Fsp3) is 0.700. The van der Waals surface area contributed by atoms with E-state index in [0.29, 0.717) is 11.9 Å². The summed E-state index contributed by atoms with van der Waals surface area (Å²) in [7, 11) is 0. The Morgan fingerprint density at radius 2 is 2.04 bits per heavy atom. The molecule has 2 heterocycles. The highest BCUT2D eigenvalue weighted by Gasteiger charge is 2.37. The van der Waals surface area contributed by atoms with Crippen LogP contribution in [-0.2, 0) is 4.79 Å². The number of hydrogen-bond acceptors (Lipinski definition) is 5. The average Bonchev–Trinajstić information content (AvgIpc) is 2.95. The number of piperazine rings is 1. The van der Waals surface area contributed by atoms with Gasteiger partial charge in [-0.25, -0.2) is 0 Å². The van der Waals surface area contributed by atoms with Gasteiger partial charge >= 0.3 is 0 Å². The summed E-state index contributed by atoms with van der Waals surface area (Å²) in [4.78, 5) is 22.3. The van der Waals surface area contributed by atoms with Crippen molar-refractivity contribution in [2.75, 3.05) is 26.2 Å². The van der Waals surface area contributed by atoms with Gasteiger partial charge in [0.2, 0.25) is 5.78 Å². The molecule has 0 amide bonds. The van der Waals surface area contributed by atoms with Crippen molar-refractivity contribution in [3.05, 3.63) is 23.4 Å². The average molecular weight is 345 g/mol. The molecule has 3 atom stereocenters. The molecule has 1 N–H and O–H groups in total. The minimum atomic E-state index is -0.407. The van der Waals surface area contributed by atoms with Crippen LogP contribution in [0.25, 0.3) is 0 Å². The smallest absolute Gasteiger partial charge is 0.202 e. The Hall–Kier alpha value is -1.62. The molecule has 5 heteroatoms. The van der Waals surface area contributed by atoms with Gasteiger partial charge in [-0.2, -0.15) is 0 Å². The van der Waals surface area contributed by atoms with Gasteiger partial charge in [-0.1, -0.05) is 33.8 Å². The molecule has 3 aliphatic rings.